The van der Waals surface area contributed by atoms with Crippen molar-refractivity contribution in [1.82, 2.24) is 14.8 Å². The second-order valence-electron chi connectivity index (χ2n) is 5.02. The molecule has 0 radical (unpaired) electrons. The van der Waals surface area contributed by atoms with Crippen molar-refractivity contribution < 1.29 is 9.53 Å². The second-order valence-corrected chi connectivity index (χ2v) is 6.02. The molecule has 0 atom stereocenters. The summed E-state index contributed by atoms with van der Waals surface area (Å²) in [5.74, 6) is 0.615. The summed E-state index contributed by atoms with van der Waals surface area (Å²) >= 11 is 1.37. The smallest absolute Gasteiger partial charge is 0.267 e. The number of thiazole rings is 1. The Labute approximate surface area is 137 Å². The van der Waals surface area contributed by atoms with Crippen LogP contribution in [0, 0.1) is 6.92 Å². The van der Waals surface area contributed by atoms with Crippen molar-refractivity contribution in [3.8, 4) is 16.3 Å². The monoisotopic (exact) mass is 328 g/mol. The van der Waals surface area contributed by atoms with Crippen molar-refractivity contribution in [3.05, 3.63) is 47.2 Å². The van der Waals surface area contributed by atoms with Gasteiger partial charge in [0, 0.05) is 18.8 Å². The molecule has 0 aliphatic rings. The molecule has 118 valence electrons. The highest BCUT2D eigenvalue weighted by molar-refractivity contribution is 7.17. The maximum Gasteiger partial charge on any atom is 0.267 e. The van der Waals surface area contributed by atoms with E-state index in [0.29, 0.717) is 16.3 Å². The largest absolute Gasteiger partial charge is 0.497 e. The number of ether oxygens (including phenoxy) is 1. The molecule has 23 heavy (non-hydrogen) atoms. The average Bonchev–Trinajstić information content (AvgIpc) is 3.13. The number of hydrogen-bond acceptors (Lipinski definition) is 5. The van der Waals surface area contributed by atoms with Gasteiger partial charge in [-0.05, 0) is 31.2 Å². The first-order chi connectivity index (χ1) is 11.1. The van der Waals surface area contributed by atoms with Gasteiger partial charge in [0.2, 0.25) is 0 Å². The minimum atomic E-state index is -0.173. The SMILES string of the molecule is COc1ccc(-c2nc(C)c(C(=O)Nc3cnn(C)c3)s2)cc1. The zero-order valence-corrected chi connectivity index (χ0v) is 13.8. The Morgan fingerprint density at radius 1 is 1.30 bits per heavy atom. The molecule has 0 fully saturated rings. The van der Waals surface area contributed by atoms with Crippen LogP contribution >= 0.6 is 11.3 Å². The summed E-state index contributed by atoms with van der Waals surface area (Å²) in [4.78, 5) is 17.5. The highest BCUT2D eigenvalue weighted by Gasteiger charge is 2.17. The van der Waals surface area contributed by atoms with Crippen molar-refractivity contribution in [1.29, 1.82) is 0 Å². The summed E-state index contributed by atoms with van der Waals surface area (Å²) in [7, 11) is 3.43. The third-order valence-corrected chi connectivity index (χ3v) is 4.51. The molecular weight excluding hydrogens is 312 g/mol. The predicted octanol–water partition coefficient (Wildman–Crippen LogP) is 3.11. The Kier molecular flexibility index (Phi) is 4.12. The number of nitrogens with zero attached hydrogens (tertiary/aromatic N) is 3. The van der Waals surface area contributed by atoms with Gasteiger partial charge in [-0.15, -0.1) is 11.3 Å². The van der Waals surface area contributed by atoms with E-state index in [-0.39, 0.29) is 5.91 Å². The maximum absolute atomic E-state index is 12.4. The normalized spacial score (nSPS) is 10.6. The molecular formula is C16H16N4O2S. The Morgan fingerprint density at radius 3 is 2.65 bits per heavy atom. The number of aromatic nitrogens is 3. The number of aryl methyl sites for hydroxylation is 2. The van der Waals surface area contributed by atoms with Gasteiger partial charge in [-0.1, -0.05) is 0 Å². The summed E-state index contributed by atoms with van der Waals surface area (Å²) in [6.07, 6.45) is 3.36. The van der Waals surface area contributed by atoms with Crippen LogP contribution in [0.4, 0.5) is 5.69 Å². The average molecular weight is 328 g/mol. The fourth-order valence-electron chi connectivity index (χ4n) is 2.14. The quantitative estimate of drug-likeness (QED) is 0.799. The number of carbonyl (C=O) groups excluding carboxylic acids is 1. The molecule has 1 amide bonds. The zero-order chi connectivity index (χ0) is 16.4. The van der Waals surface area contributed by atoms with Crippen molar-refractivity contribution in [2.45, 2.75) is 6.92 Å². The fourth-order valence-corrected chi connectivity index (χ4v) is 3.10. The van der Waals surface area contributed by atoms with Gasteiger partial charge in [0.1, 0.15) is 15.6 Å². The molecule has 0 unspecified atom stereocenters. The Morgan fingerprint density at radius 2 is 2.04 bits per heavy atom. The highest BCUT2D eigenvalue weighted by Crippen LogP contribution is 2.29. The molecule has 2 aromatic heterocycles. The topological polar surface area (TPSA) is 69.0 Å². The van der Waals surface area contributed by atoms with E-state index in [4.69, 9.17) is 4.74 Å². The second kappa shape index (κ2) is 6.21. The number of hydrogen-bond donors (Lipinski definition) is 1. The van der Waals surface area contributed by atoms with E-state index in [1.807, 2.05) is 31.2 Å². The van der Waals surface area contributed by atoms with Gasteiger partial charge in [-0.2, -0.15) is 5.10 Å². The lowest BCUT2D eigenvalue weighted by Gasteiger charge is -2.00. The zero-order valence-electron chi connectivity index (χ0n) is 13.0. The van der Waals surface area contributed by atoms with Crippen molar-refractivity contribution in [2.75, 3.05) is 12.4 Å². The predicted molar refractivity (Wildman–Crippen MR) is 90.0 cm³/mol. The number of methoxy groups -OCH3 is 1. The van der Waals surface area contributed by atoms with Crippen LogP contribution in [0.2, 0.25) is 0 Å². The van der Waals surface area contributed by atoms with E-state index in [0.717, 1.165) is 16.3 Å². The molecule has 0 aliphatic heterocycles. The van der Waals surface area contributed by atoms with Gasteiger partial charge in [0.05, 0.1) is 24.7 Å². The van der Waals surface area contributed by atoms with Gasteiger partial charge in [-0.3, -0.25) is 9.48 Å². The first kappa shape index (κ1) is 15.2. The van der Waals surface area contributed by atoms with E-state index >= 15 is 0 Å². The third-order valence-electron chi connectivity index (χ3n) is 3.30. The number of carbonyl (C=O) groups is 1. The van der Waals surface area contributed by atoms with Crippen LogP contribution in [0.5, 0.6) is 5.75 Å². The van der Waals surface area contributed by atoms with E-state index in [2.05, 4.69) is 15.4 Å². The van der Waals surface area contributed by atoms with Crippen LogP contribution in [-0.2, 0) is 7.05 Å². The number of anilines is 1. The summed E-state index contributed by atoms with van der Waals surface area (Å²) in [5.41, 5.74) is 2.33. The van der Waals surface area contributed by atoms with Gasteiger partial charge < -0.3 is 10.1 Å². The van der Waals surface area contributed by atoms with E-state index in [1.165, 1.54) is 11.3 Å². The molecule has 3 aromatic rings. The Balaban J connectivity index is 1.83. The molecule has 0 saturated carbocycles. The minimum Gasteiger partial charge on any atom is -0.497 e. The van der Waals surface area contributed by atoms with E-state index in [9.17, 15) is 4.79 Å². The molecule has 0 spiro atoms. The van der Waals surface area contributed by atoms with Gasteiger partial charge in [-0.25, -0.2) is 4.98 Å². The number of amides is 1. The van der Waals surface area contributed by atoms with Gasteiger partial charge >= 0.3 is 0 Å². The lowest BCUT2D eigenvalue weighted by molar-refractivity contribution is 0.103. The van der Waals surface area contributed by atoms with Crippen LogP contribution < -0.4 is 10.1 Å². The lowest BCUT2D eigenvalue weighted by atomic mass is 10.2. The summed E-state index contributed by atoms with van der Waals surface area (Å²) < 4.78 is 6.79. The van der Waals surface area contributed by atoms with Crippen molar-refractivity contribution in [3.63, 3.8) is 0 Å². The summed E-state index contributed by atoms with van der Waals surface area (Å²) in [6, 6.07) is 7.61. The molecule has 0 bridgehead atoms. The van der Waals surface area contributed by atoms with Crippen LogP contribution in [0.15, 0.2) is 36.7 Å². The number of benzene rings is 1. The molecule has 0 saturated heterocycles. The summed E-state index contributed by atoms with van der Waals surface area (Å²) in [5, 5.41) is 7.67. The minimum absolute atomic E-state index is 0.173. The molecule has 1 N–H and O–H groups in total. The van der Waals surface area contributed by atoms with Gasteiger partial charge in [0.25, 0.3) is 5.91 Å². The molecule has 1 aromatic carbocycles. The molecule has 6 nitrogen and oxygen atoms in total. The van der Waals surface area contributed by atoms with Crippen molar-refractivity contribution >= 4 is 22.9 Å². The molecule has 7 heteroatoms. The van der Waals surface area contributed by atoms with E-state index in [1.54, 1.807) is 31.2 Å². The molecule has 3 rings (SSSR count). The first-order valence-electron chi connectivity index (χ1n) is 6.98. The molecule has 2 heterocycles. The van der Waals surface area contributed by atoms with Crippen molar-refractivity contribution in [2.24, 2.45) is 7.05 Å². The van der Waals surface area contributed by atoms with Crippen LogP contribution in [0.25, 0.3) is 10.6 Å². The number of nitrogens with one attached hydrogen (secondary N) is 1. The van der Waals surface area contributed by atoms with E-state index < -0.39 is 0 Å². The first-order valence-corrected chi connectivity index (χ1v) is 7.80. The lowest BCUT2D eigenvalue weighted by Crippen LogP contribution is -2.10. The maximum atomic E-state index is 12.4. The standard InChI is InChI=1S/C16H16N4O2S/c1-10-14(15(21)19-12-8-17-20(2)9-12)23-16(18-10)11-4-6-13(22-3)7-5-11/h4-9H,1-3H3,(H,19,21). The van der Waals surface area contributed by atoms with Gasteiger partial charge in [0.15, 0.2) is 0 Å². The Hall–Kier alpha value is -2.67. The fraction of sp³-hybridized carbons (Fsp3) is 0.188. The van der Waals surface area contributed by atoms with Crippen LogP contribution in [0.1, 0.15) is 15.4 Å². The Bertz CT molecular complexity index is 836. The van der Waals surface area contributed by atoms with Crippen LogP contribution in [-0.4, -0.2) is 27.8 Å². The number of rotatable bonds is 4. The van der Waals surface area contributed by atoms with Crippen LogP contribution in [0.3, 0.4) is 0 Å². The third kappa shape index (κ3) is 3.24. The highest BCUT2D eigenvalue weighted by atomic mass is 32.1. The molecule has 0 aliphatic carbocycles. The summed E-state index contributed by atoms with van der Waals surface area (Å²) in [6.45, 7) is 1.84.